The third-order valence-corrected chi connectivity index (χ3v) is 6.29. The third kappa shape index (κ3) is 7.86. The van der Waals surface area contributed by atoms with Crippen molar-refractivity contribution in [2.45, 2.75) is 58.0 Å². The van der Waals surface area contributed by atoms with E-state index < -0.39 is 6.04 Å². The number of amides is 2. The molecule has 0 saturated carbocycles. The molecule has 0 aliphatic carbocycles. The van der Waals surface area contributed by atoms with Crippen molar-refractivity contribution < 1.29 is 18.7 Å². The van der Waals surface area contributed by atoms with Crippen molar-refractivity contribution in [3.8, 4) is 5.75 Å². The maximum Gasteiger partial charge on any atom is 0.243 e. The molecule has 32 heavy (non-hydrogen) atoms. The van der Waals surface area contributed by atoms with Gasteiger partial charge in [-0.05, 0) is 55.2 Å². The minimum Gasteiger partial charge on any atom is -0.497 e. The second-order valence-corrected chi connectivity index (χ2v) is 8.72. The quantitative estimate of drug-likeness (QED) is 0.495. The standard InChI is InChI=1S/C25H33FN2O3S/c1-5-18(3)27-25(30)23(6-2)28(15-19-9-13-22(31-4)14-10-19)24(29)17-32-16-20-7-11-21(26)12-8-20/h7-14,18,23H,5-6,15-17H2,1-4H3,(H,27,30). The zero-order chi connectivity index (χ0) is 23.5. The van der Waals surface area contributed by atoms with Gasteiger partial charge in [-0.25, -0.2) is 4.39 Å². The minimum absolute atomic E-state index is 0.0438. The second-order valence-electron chi connectivity index (χ2n) is 7.73. The fourth-order valence-corrected chi connectivity index (χ4v) is 4.08. The van der Waals surface area contributed by atoms with Crippen LogP contribution >= 0.6 is 11.8 Å². The smallest absolute Gasteiger partial charge is 0.243 e. The molecule has 0 aliphatic rings. The molecule has 2 rings (SSSR count). The molecule has 0 heterocycles. The van der Waals surface area contributed by atoms with Crippen LogP contribution in [0.25, 0.3) is 0 Å². The molecule has 0 spiro atoms. The summed E-state index contributed by atoms with van der Waals surface area (Å²) in [5.74, 6) is 1.06. The summed E-state index contributed by atoms with van der Waals surface area (Å²) in [6, 6.07) is 13.3. The molecule has 2 aromatic rings. The number of benzene rings is 2. The number of methoxy groups -OCH3 is 1. The molecule has 0 saturated heterocycles. The fourth-order valence-electron chi connectivity index (χ4n) is 3.21. The molecule has 1 N–H and O–H groups in total. The van der Waals surface area contributed by atoms with E-state index in [0.29, 0.717) is 18.7 Å². The number of carbonyl (C=O) groups excluding carboxylic acids is 2. The third-order valence-electron chi connectivity index (χ3n) is 5.31. The number of nitrogens with one attached hydrogen (secondary N) is 1. The number of hydrogen-bond acceptors (Lipinski definition) is 4. The average molecular weight is 461 g/mol. The maximum atomic E-state index is 13.2. The lowest BCUT2D eigenvalue weighted by Gasteiger charge is -2.31. The first kappa shape index (κ1) is 25.7. The highest BCUT2D eigenvalue weighted by atomic mass is 32.2. The van der Waals surface area contributed by atoms with E-state index in [9.17, 15) is 14.0 Å². The van der Waals surface area contributed by atoms with Gasteiger partial charge in [-0.3, -0.25) is 9.59 Å². The van der Waals surface area contributed by atoms with E-state index in [1.165, 1.54) is 23.9 Å². The monoisotopic (exact) mass is 460 g/mol. The van der Waals surface area contributed by atoms with Crippen LogP contribution in [0, 0.1) is 5.82 Å². The summed E-state index contributed by atoms with van der Waals surface area (Å²) >= 11 is 1.46. The van der Waals surface area contributed by atoms with Crippen molar-refractivity contribution in [2.75, 3.05) is 12.9 Å². The number of nitrogens with zero attached hydrogens (tertiary/aromatic N) is 1. The van der Waals surface area contributed by atoms with Gasteiger partial charge >= 0.3 is 0 Å². The molecular weight excluding hydrogens is 427 g/mol. The molecule has 2 aromatic carbocycles. The van der Waals surface area contributed by atoms with Crippen LogP contribution in [0.15, 0.2) is 48.5 Å². The Kier molecular flexibility index (Phi) is 10.5. The van der Waals surface area contributed by atoms with Crippen LogP contribution in [-0.4, -0.2) is 41.7 Å². The van der Waals surface area contributed by atoms with Gasteiger partial charge in [-0.15, -0.1) is 11.8 Å². The Morgan fingerprint density at radius 3 is 2.22 bits per heavy atom. The van der Waals surface area contributed by atoms with Crippen molar-refractivity contribution in [3.05, 3.63) is 65.5 Å². The number of halogens is 1. The van der Waals surface area contributed by atoms with Crippen molar-refractivity contribution >= 4 is 23.6 Å². The Labute approximate surface area is 194 Å². The predicted octanol–water partition coefficient (Wildman–Crippen LogP) is 4.79. The van der Waals surface area contributed by atoms with Crippen LogP contribution < -0.4 is 10.1 Å². The Morgan fingerprint density at radius 2 is 1.66 bits per heavy atom. The zero-order valence-electron chi connectivity index (χ0n) is 19.3. The number of ether oxygens (including phenoxy) is 1. The van der Waals surface area contributed by atoms with Crippen molar-refractivity contribution in [2.24, 2.45) is 0 Å². The first-order valence-electron chi connectivity index (χ1n) is 10.9. The van der Waals surface area contributed by atoms with Gasteiger partial charge in [0.2, 0.25) is 11.8 Å². The number of rotatable bonds is 12. The minimum atomic E-state index is -0.551. The first-order valence-corrected chi connectivity index (χ1v) is 12.1. The molecule has 5 nitrogen and oxygen atoms in total. The van der Waals surface area contributed by atoms with Gasteiger partial charge in [-0.2, -0.15) is 0 Å². The topological polar surface area (TPSA) is 58.6 Å². The summed E-state index contributed by atoms with van der Waals surface area (Å²) in [7, 11) is 1.61. The zero-order valence-corrected chi connectivity index (χ0v) is 20.1. The van der Waals surface area contributed by atoms with Crippen LogP contribution in [0.4, 0.5) is 4.39 Å². The van der Waals surface area contributed by atoms with Gasteiger partial charge in [0.05, 0.1) is 12.9 Å². The summed E-state index contributed by atoms with van der Waals surface area (Å²) in [4.78, 5) is 27.8. The predicted molar refractivity (Wildman–Crippen MR) is 128 cm³/mol. The van der Waals surface area contributed by atoms with E-state index in [0.717, 1.165) is 23.3 Å². The Hall–Kier alpha value is -2.54. The van der Waals surface area contributed by atoms with Gasteiger partial charge in [0.25, 0.3) is 0 Å². The summed E-state index contributed by atoms with van der Waals surface area (Å²) in [5, 5.41) is 3.01. The van der Waals surface area contributed by atoms with Gasteiger partial charge in [0.15, 0.2) is 0 Å². The normalized spacial score (nSPS) is 12.7. The lowest BCUT2D eigenvalue weighted by Crippen LogP contribution is -2.51. The van der Waals surface area contributed by atoms with E-state index >= 15 is 0 Å². The second kappa shape index (κ2) is 13.1. The average Bonchev–Trinajstić information content (AvgIpc) is 2.80. The largest absolute Gasteiger partial charge is 0.497 e. The van der Waals surface area contributed by atoms with Gasteiger partial charge in [-0.1, -0.05) is 38.1 Å². The van der Waals surface area contributed by atoms with Crippen LogP contribution in [-0.2, 0) is 21.9 Å². The first-order chi connectivity index (χ1) is 15.4. The lowest BCUT2D eigenvalue weighted by atomic mass is 10.1. The van der Waals surface area contributed by atoms with Crippen LogP contribution in [0.2, 0.25) is 0 Å². The molecule has 0 fully saturated rings. The highest BCUT2D eigenvalue weighted by Crippen LogP contribution is 2.19. The lowest BCUT2D eigenvalue weighted by molar-refractivity contribution is -0.139. The number of hydrogen-bond donors (Lipinski definition) is 1. The van der Waals surface area contributed by atoms with Gasteiger partial charge in [0, 0.05) is 18.3 Å². The van der Waals surface area contributed by atoms with E-state index in [1.54, 1.807) is 24.1 Å². The van der Waals surface area contributed by atoms with Crippen LogP contribution in [0.5, 0.6) is 5.75 Å². The van der Waals surface area contributed by atoms with E-state index in [4.69, 9.17) is 4.74 Å². The summed E-state index contributed by atoms with van der Waals surface area (Å²) < 4.78 is 18.3. The molecule has 0 aliphatic heterocycles. The highest BCUT2D eigenvalue weighted by molar-refractivity contribution is 7.99. The highest BCUT2D eigenvalue weighted by Gasteiger charge is 2.29. The number of thioether (sulfide) groups is 1. The van der Waals surface area contributed by atoms with Crippen molar-refractivity contribution in [1.29, 1.82) is 0 Å². The van der Waals surface area contributed by atoms with E-state index in [-0.39, 0.29) is 29.4 Å². The summed E-state index contributed by atoms with van der Waals surface area (Å²) in [6.07, 6.45) is 1.34. The molecule has 2 amide bonds. The molecule has 174 valence electrons. The fraction of sp³-hybridized carbons (Fsp3) is 0.440. The Balaban J connectivity index is 2.13. The molecular formula is C25H33FN2O3S. The van der Waals surface area contributed by atoms with Gasteiger partial charge in [0.1, 0.15) is 17.6 Å². The van der Waals surface area contributed by atoms with E-state index in [1.807, 2.05) is 45.0 Å². The van der Waals surface area contributed by atoms with Crippen molar-refractivity contribution in [1.82, 2.24) is 10.2 Å². The van der Waals surface area contributed by atoms with Crippen LogP contribution in [0.1, 0.15) is 44.7 Å². The van der Waals surface area contributed by atoms with Crippen molar-refractivity contribution in [3.63, 3.8) is 0 Å². The molecule has 2 atom stereocenters. The molecule has 2 unspecified atom stereocenters. The van der Waals surface area contributed by atoms with Crippen LogP contribution in [0.3, 0.4) is 0 Å². The Morgan fingerprint density at radius 1 is 1.03 bits per heavy atom. The molecule has 0 radical (unpaired) electrons. The Bertz CT molecular complexity index is 858. The summed E-state index contributed by atoms with van der Waals surface area (Å²) in [5.41, 5.74) is 1.88. The van der Waals surface area contributed by atoms with Gasteiger partial charge < -0.3 is 15.0 Å². The SMILES string of the molecule is CCC(C)NC(=O)C(CC)N(Cc1ccc(OC)cc1)C(=O)CSCc1ccc(F)cc1. The molecule has 0 bridgehead atoms. The number of carbonyl (C=O) groups is 2. The maximum absolute atomic E-state index is 13.2. The molecule has 0 aromatic heterocycles. The molecule has 7 heteroatoms. The summed E-state index contributed by atoms with van der Waals surface area (Å²) in [6.45, 7) is 6.23. The van der Waals surface area contributed by atoms with E-state index in [2.05, 4.69) is 5.32 Å².